The van der Waals surface area contributed by atoms with Crippen LogP contribution in [0.1, 0.15) is 0 Å². The molecule has 3 heterocycles. The Hall–Kier alpha value is -2.76. The van der Waals surface area contributed by atoms with Crippen molar-refractivity contribution in [2.24, 2.45) is 0 Å². The minimum Gasteiger partial charge on any atom is -0.454 e. The Labute approximate surface area is 108 Å². The van der Waals surface area contributed by atoms with Crippen molar-refractivity contribution < 1.29 is 9.47 Å². The summed E-state index contributed by atoms with van der Waals surface area (Å²) in [5.41, 5.74) is 0.961. The minimum atomic E-state index is 0.273. The molecule has 3 aromatic rings. The van der Waals surface area contributed by atoms with Crippen molar-refractivity contribution >= 4 is 0 Å². The third-order valence-corrected chi connectivity index (χ3v) is 2.99. The predicted octanol–water partition coefficient (Wildman–Crippen LogP) is 1.79. The molecule has 4 rings (SSSR count). The number of benzene rings is 1. The van der Waals surface area contributed by atoms with Gasteiger partial charge in [-0.05, 0) is 18.2 Å². The Morgan fingerprint density at radius 3 is 2.89 bits per heavy atom. The van der Waals surface area contributed by atoms with Gasteiger partial charge in [-0.3, -0.25) is 0 Å². The number of ether oxygens (including phenoxy) is 2. The summed E-state index contributed by atoms with van der Waals surface area (Å²) in [5.74, 6) is 2.33. The summed E-state index contributed by atoms with van der Waals surface area (Å²) >= 11 is 0. The van der Waals surface area contributed by atoms with Crippen LogP contribution in [0.15, 0.2) is 49.3 Å². The van der Waals surface area contributed by atoms with Gasteiger partial charge in [-0.15, -0.1) is 0 Å². The molecular formula is C13H10N4O2. The number of hydrogen-bond donors (Lipinski definition) is 0. The molecule has 2 aromatic heterocycles. The highest BCUT2D eigenvalue weighted by molar-refractivity contribution is 5.62. The maximum atomic E-state index is 5.39. The highest BCUT2D eigenvalue weighted by atomic mass is 16.7. The zero-order chi connectivity index (χ0) is 12.7. The third kappa shape index (κ3) is 1.57. The second-order valence-electron chi connectivity index (χ2n) is 4.11. The van der Waals surface area contributed by atoms with Gasteiger partial charge in [0.15, 0.2) is 17.3 Å². The van der Waals surface area contributed by atoms with E-state index in [1.165, 1.54) is 0 Å². The molecule has 0 spiro atoms. The van der Waals surface area contributed by atoms with Crippen LogP contribution in [0, 0.1) is 0 Å². The summed E-state index contributed by atoms with van der Waals surface area (Å²) in [7, 11) is 0. The standard InChI is InChI=1S/C13H10N4O2/c1-2-11-12(19-9-18-11)7-10(1)13-15-4-6-17(13)16-5-3-14-8-16/h1-8H,9H2. The number of aromatic nitrogens is 4. The van der Waals surface area contributed by atoms with E-state index in [0.717, 1.165) is 22.9 Å². The fourth-order valence-electron chi connectivity index (χ4n) is 2.11. The van der Waals surface area contributed by atoms with E-state index in [-0.39, 0.29) is 6.79 Å². The van der Waals surface area contributed by atoms with Crippen LogP contribution in [0.2, 0.25) is 0 Å². The molecule has 1 aromatic carbocycles. The number of nitrogens with zero attached hydrogens (tertiary/aromatic N) is 4. The van der Waals surface area contributed by atoms with Crippen LogP contribution in [-0.2, 0) is 0 Å². The SMILES string of the molecule is c1cn(-n2ccnc2-c2ccc3c(c2)OCO3)cn1. The van der Waals surface area contributed by atoms with Crippen LogP contribution < -0.4 is 9.47 Å². The molecule has 6 heteroatoms. The van der Waals surface area contributed by atoms with Gasteiger partial charge in [-0.1, -0.05) is 0 Å². The van der Waals surface area contributed by atoms with Gasteiger partial charge >= 0.3 is 0 Å². The minimum absolute atomic E-state index is 0.273. The lowest BCUT2D eigenvalue weighted by molar-refractivity contribution is 0.174. The molecule has 1 aliphatic rings. The molecule has 1 aliphatic heterocycles. The molecule has 0 saturated heterocycles. The molecule has 0 saturated carbocycles. The number of rotatable bonds is 2. The predicted molar refractivity (Wildman–Crippen MR) is 66.8 cm³/mol. The monoisotopic (exact) mass is 254 g/mol. The molecule has 0 unspecified atom stereocenters. The lowest BCUT2D eigenvalue weighted by atomic mass is 10.2. The van der Waals surface area contributed by atoms with Gasteiger partial charge in [-0.25, -0.2) is 19.3 Å². The van der Waals surface area contributed by atoms with Crippen LogP contribution in [0.3, 0.4) is 0 Å². The lowest BCUT2D eigenvalue weighted by Gasteiger charge is -2.08. The van der Waals surface area contributed by atoms with Gasteiger partial charge in [0.2, 0.25) is 6.79 Å². The maximum absolute atomic E-state index is 5.39. The fourth-order valence-corrected chi connectivity index (χ4v) is 2.11. The van der Waals surface area contributed by atoms with E-state index < -0.39 is 0 Å². The normalized spacial score (nSPS) is 12.8. The summed E-state index contributed by atoms with van der Waals surface area (Å²) in [4.78, 5) is 8.43. The second kappa shape index (κ2) is 3.88. The molecule has 0 bridgehead atoms. The molecule has 0 radical (unpaired) electrons. The second-order valence-corrected chi connectivity index (χ2v) is 4.11. The summed E-state index contributed by atoms with van der Waals surface area (Å²) in [6.07, 6.45) is 8.93. The van der Waals surface area contributed by atoms with Crippen LogP contribution >= 0.6 is 0 Å². The quantitative estimate of drug-likeness (QED) is 0.699. The van der Waals surface area contributed by atoms with Gasteiger partial charge in [-0.2, -0.15) is 0 Å². The lowest BCUT2D eigenvalue weighted by Crippen LogP contribution is -2.07. The van der Waals surface area contributed by atoms with Gasteiger partial charge in [0.05, 0.1) is 0 Å². The van der Waals surface area contributed by atoms with E-state index >= 15 is 0 Å². The van der Waals surface area contributed by atoms with Gasteiger partial charge in [0, 0.05) is 30.4 Å². The molecule has 94 valence electrons. The Morgan fingerprint density at radius 1 is 1.05 bits per heavy atom. The first kappa shape index (κ1) is 10.2. The van der Waals surface area contributed by atoms with Crippen LogP contribution in [0.4, 0.5) is 0 Å². The summed E-state index contributed by atoms with van der Waals surface area (Å²) in [5, 5.41) is 0. The van der Waals surface area contributed by atoms with E-state index in [2.05, 4.69) is 9.97 Å². The van der Waals surface area contributed by atoms with Crippen LogP contribution in [0.5, 0.6) is 11.5 Å². The number of imidazole rings is 2. The van der Waals surface area contributed by atoms with E-state index in [4.69, 9.17) is 9.47 Å². The van der Waals surface area contributed by atoms with Crippen molar-refractivity contribution in [3.05, 3.63) is 49.3 Å². The van der Waals surface area contributed by atoms with E-state index in [0.29, 0.717) is 0 Å². The van der Waals surface area contributed by atoms with Crippen LogP contribution in [0.25, 0.3) is 11.4 Å². The molecule has 0 atom stereocenters. The van der Waals surface area contributed by atoms with Crippen molar-refractivity contribution in [3.8, 4) is 22.9 Å². The average molecular weight is 254 g/mol. The Kier molecular flexibility index (Phi) is 2.08. The van der Waals surface area contributed by atoms with Crippen LogP contribution in [-0.4, -0.2) is 26.1 Å². The van der Waals surface area contributed by atoms with E-state index in [9.17, 15) is 0 Å². The van der Waals surface area contributed by atoms with Crippen molar-refractivity contribution in [1.29, 1.82) is 0 Å². The zero-order valence-corrected chi connectivity index (χ0v) is 9.93. The first-order valence-corrected chi connectivity index (χ1v) is 5.84. The fraction of sp³-hybridized carbons (Fsp3) is 0.0769. The Balaban J connectivity index is 1.83. The van der Waals surface area contributed by atoms with E-state index in [1.54, 1.807) is 18.7 Å². The average Bonchev–Trinajstić information content (AvgIpc) is 3.18. The van der Waals surface area contributed by atoms with Crippen molar-refractivity contribution in [2.75, 3.05) is 6.79 Å². The maximum Gasteiger partial charge on any atom is 0.231 e. The smallest absolute Gasteiger partial charge is 0.231 e. The van der Waals surface area contributed by atoms with Crippen molar-refractivity contribution in [2.45, 2.75) is 0 Å². The summed E-state index contributed by atoms with van der Waals surface area (Å²) in [6.45, 7) is 0.273. The van der Waals surface area contributed by atoms with Crippen molar-refractivity contribution in [1.82, 2.24) is 19.3 Å². The van der Waals surface area contributed by atoms with Gasteiger partial charge in [0.1, 0.15) is 6.33 Å². The van der Waals surface area contributed by atoms with Crippen molar-refractivity contribution in [3.63, 3.8) is 0 Å². The zero-order valence-electron chi connectivity index (χ0n) is 9.93. The molecular weight excluding hydrogens is 244 g/mol. The molecule has 0 N–H and O–H groups in total. The summed E-state index contributed by atoms with van der Waals surface area (Å²) in [6, 6.07) is 5.78. The topological polar surface area (TPSA) is 54.1 Å². The first-order chi connectivity index (χ1) is 9.42. The number of hydrogen-bond acceptors (Lipinski definition) is 4. The molecule has 0 amide bonds. The van der Waals surface area contributed by atoms with Gasteiger partial charge < -0.3 is 9.47 Å². The first-order valence-electron chi connectivity index (χ1n) is 5.84. The third-order valence-electron chi connectivity index (χ3n) is 2.99. The molecule has 19 heavy (non-hydrogen) atoms. The Bertz CT molecular complexity index is 718. The molecule has 0 fully saturated rings. The highest BCUT2D eigenvalue weighted by Crippen LogP contribution is 2.35. The number of fused-ring (bicyclic) bond motifs is 1. The van der Waals surface area contributed by atoms with Gasteiger partial charge in [0.25, 0.3) is 0 Å². The van der Waals surface area contributed by atoms with E-state index in [1.807, 2.05) is 39.9 Å². The summed E-state index contributed by atoms with van der Waals surface area (Å²) < 4.78 is 14.5. The largest absolute Gasteiger partial charge is 0.454 e. The highest BCUT2D eigenvalue weighted by Gasteiger charge is 2.16. The molecule has 6 nitrogen and oxygen atoms in total. The Morgan fingerprint density at radius 2 is 2.00 bits per heavy atom. The molecule has 0 aliphatic carbocycles.